The van der Waals surface area contributed by atoms with E-state index >= 15 is 0 Å². The maximum Gasteiger partial charge on any atom is 0.342 e. The SMILES string of the molecule is O=C1OC2(CCCCC2)O[C@H]1c1ccccc1. The van der Waals surface area contributed by atoms with Gasteiger partial charge in [-0.2, -0.15) is 0 Å². The lowest BCUT2D eigenvalue weighted by Crippen LogP contribution is -2.32. The summed E-state index contributed by atoms with van der Waals surface area (Å²) in [6.45, 7) is 0. The van der Waals surface area contributed by atoms with Gasteiger partial charge in [0.1, 0.15) is 0 Å². The molecular weight excluding hydrogens is 216 g/mol. The van der Waals surface area contributed by atoms with E-state index in [2.05, 4.69) is 0 Å². The standard InChI is InChI=1S/C14H16O3/c15-13-12(11-7-3-1-4-8-11)16-14(17-13)9-5-2-6-10-14/h1,3-4,7-8,12H,2,5-6,9-10H2/t12-/m0/s1. The molecule has 0 N–H and O–H groups in total. The van der Waals surface area contributed by atoms with Crippen molar-refractivity contribution in [1.29, 1.82) is 0 Å². The van der Waals surface area contributed by atoms with Crippen LogP contribution in [0, 0.1) is 0 Å². The zero-order valence-electron chi connectivity index (χ0n) is 9.72. The van der Waals surface area contributed by atoms with Crippen LogP contribution in [0.15, 0.2) is 30.3 Å². The Bertz CT molecular complexity index is 407. The molecule has 90 valence electrons. The number of esters is 1. The zero-order valence-corrected chi connectivity index (χ0v) is 9.72. The Morgan fingerprint density at radius 3 is 2.47 bits per heavy atom. The predicted octanol–water partition coefficient (Wildman–Crippen LogP) is 2.96. The molecule has 17 heavy (non-hydrogen) atoms. The van der Waals surface area contributed by atoms with Crippen LogP contribution in [0.5, 0.6) is 0 Å². The summed E-state index contributed by atoms with van der Waals surface area (Å²) < 4.78 is 11.4. The van der Waals surface area contributed by atoms with Gasteiger partial charge in [0.2, 0.25) is 5.79 Å². The molecule has 1 heterocycles. The van der Waals surface area contributed by atoms with E-state index in [1.807, 2.05) is 30.3 Å². The lowest BCUT2D eigenvalue weighted by molar-refractivity contribution is -0.192. The van der Waals surface area contributed by atoms with Crippen LogP contribution in [0.3, 0.4) is 0 Å². The summed E-state index contributed by atoms with van der Waals surface area (Å²) >= 11 is 0. The van der Waals surface area contributed by atoms with Crippen molar-refractivity contribution in [2.24, 2.45) is 0 Å². The maximum absolute atomic E-state index is 11.9. The molecule has 1 aromatic rings. The average molecular weight is 232 g/mol. The molecule has 1 spiro atoms. The third-order valence-electron chi connectivity index (χ3n) is 3.55. The monoisotopic (exact) mass is 232 g/mol. The van der Waals surface area contributed by atoms with E-state index in [4.69, 9.17) is 9.47 Å². The fourth-order valence-electron chi connectivity index (χ4n) is 2.67. The first-order valence-electron chi connectivity index (χ1n) is 6.25. The van der Waals surface area contributed by atoms with Crippen molar-refractivity contribution in [3.05, 3.63) is 35.9 Å². The summed E-state index contributed by atoms with van der Waals surface area (Å²) in [5, 5.41) is 0. The molecule has 1 saturated heterocycles. The second-order valence-electron chi connectivity index (χ2n) is 4.80. The summed E-state index contributed by atoms with van der Waals surface area (Å²) in [7, 11) is 0. The smallest absolute Gasteiger partial charge is 0.342 e. The van der Waals surface area contributed by atoms with Crippen LogP contribution in [0.25, 0.3) is 0 Å². The van der Waals surface area contributed by atoms with Crippen LogP contribution in [0.2, 0.25) is 0 Å². The molecule has 3 rings (SSSR count). The van der Waals surface area contributed by atoms with E-state index in [0.29, 0.717) is 0 Å². The van der Waals surface area contributed by atoms with E-state index in [-0.39, 0.29) is 5.97 Å². The Morgan fingerprint density at radius 2 is 1.76 bits per heavy atom. The van der Waals surface area contributed by atoms with Crippen molar-refractivity contribution in [1.82, 2.24) is 0 Å². The Morgan fingerprint density at radius 1 is 1.06 bits per heavy atom. The Labute approximate surface area is 101 Å². The molecule has 0 amide bonds. The number of hydrogen-bond acceptors (Lipinski definition) is 3. The second-order valence-corrected chi connectivity index (χ2v) is 4.80. The minimum atomic E-state index is -0.629. The van der Waals surface area contributed by atoms with Crippen LogP contribution in [0.4, 0.5) is 0 Å². The first-order valence-corrected chi connectivity index (χ1v) is 6.25. The van der Waals surface area contributed by atoms with E-state index < -0.39 is 11.9 Å². The van der Waals surface area contributed by atoms with Crippen molar-refractivity contribution in [2.45, 2.75) is 44.0 Å². The third kappa shape index (κ3) is 1.95. The number of rotatable bonds is 1. The highest BCUT2D eigenvalue weighted by Gasteiger charge is 2.48. The highest BCUT2D eigenvalue weighted by atomic mass is 16.8. The van der Waals surface area contributed by atoms with Crippen LogP contribution >= 0.6 is 0 Å². The lowest BCUT2D eigenvalue weighted by atomic mass is 9.94. The molecule has 2 aliphatic rings. The topological polar surface area (TPSA) is 35.5 Å². The predicted molar refractivity (Wildman–Crippen MR) is 62.2 cm³/mol. The fraction of sp³-hybridized carbons (Fsp3) is 0.500. The quantitative estimate of drug-likeness (QED) is 0.698. The van der Waals surface area contributed by atoms with Crippen LogP contribution in [0.1, 0.15) is 43.8 Å². The van der Waals surface area contributed by atoms with E-state index in [0.717, 1.165) is 31.2 Å². The minimum Gasteiger partial charge on any atom is -0.431 e. The van der Waals surface area contributed by atoms with Gasteiger partial charge in [-0.05, 0) is 18.4 Å². The molecule has 0 radical (unpaired) electrons. The van der Waals surface area contributed by atoms with Crippen molar-refractivity contribution in [3.8, 4) is 0 Å². The van der Waals surface area contributed by atoms with Gasteiger partial charge in [-0.15, -0.1) is 0 Å². The molecule has 0 unspecified atom stereocenters. The molecule has 2 fully saturated rings. The van der Waals surface area contributed by atoms with Crippen LogP contribution in [-0.4, -0.2) is 11.8 Å². The van der Waals surface area contributed by atoms with Crippen molar-refractivity contribution in [2.75, 3.05) is 0 Å². The fourth-order valence-corrected chi connectivity index (χ4v) is 2.67. The molecular formula is C14H16O3. The molecule has 1 aromatic carbocycles. The van der Waals surface area contributed by atoms with Gasteiger partial charge in [0.15, 0.2) is 6.10 Å². The summed E-state index contributed by atoms with van der Waals surface area (Å²) in [6.07, 6.45) is 4.50. The summed E-state index contributed by atoms with van der Waals surface area (Å²) in [5.41, 5.74) is 0.889. The average Bonchev–Trinajstić information content (AvgIpc) is 2.68. The van der Waals surface area contributed by atoms with Gasteiger partial charge in [0, 0.05) is 12.8 Å². The van der Waals surface area contributed by atoms with Gasteiger partial charge >= 0.3 is 5.97 Å². The Balaban J connectivity index is 1.82. The molecule has 3 heteroatoms. The summed E-state index contributed by atoms with van der Waals surface area (Å²) in [4.78, 5) is 11.9. The molecule has 3 nitrogen and oxygen atoms in total. The Kier molecular flexibility index (Phi) is 2.63. The normalized spacial score (nSPS) is 27.1. The number of carbonyl (C=O) groups excluding carboxylic acids is 1. The van der Waals surface area contributed by atoms with Gasteiger partial charge in [-0.25, -0.2) is 4.79 Å². The van der Waals surface area contributed by atoms with E-state index in [1.54, 1.807) is 0 Å². The van der Waals surface area contributed by atoms with Crippen LogP contribution in [-0.2, 0) is 14.3 Å². The van der Waals surface area contributed by atoms with Gasteiger partial charge in [-0.1, -0.05) is 36.8 Å². The third-order valence-corrected chi connectivity index (χ3v) is 3.55. The highest BCUT2D eigenvalue weighted by molar-refractivity contribution is 5.78. The summed E-state index contributed by atoms with van der Waals surface area (Å²) in [6, 6.07) is 9.58. The van der Waals surface area contributed by atoms with Gasteiger partial charge in [0.05, 0.1) is 0 Å². The number of hydrogen-bond donors (Lipinski definition) is 0. The lowest BCUT2D eigenvalue weighted by Gasteiger charge is -2.30. The molecule has 1 atom stereocenters. The first kappa shape index (κ1) is 10.8. The number of carbonyl (C=O) groups is 1. The number of ether oxygens (including phenoxy) is 2. The van der Waals surface area contributed by atoms with Crippen LogP contribution < -0.4 is 0 Å². The molecule has 1 aliphatic carbocycles. The first-order chi connectivity index (χ1) is 8.29. The van der Waals surface area contributed by atoms with Crippen molar-refractivity contribution < 1.29 is 14.3 Å². The highest BCUT2D eigenvalue weighted by Crippen LogP contribution is 2.43. The largest absolute Gasteiger partial charge is 0.431 e. The van der Waals surface area contributed by atoms with Crippen molar-refractivity contribution in [3.63, 3.8) is 0 Å². The van der Waals surface area contributed by atoms with Gasteiger partial charge in [-0.3, -0.25) is 0 Å². The van der Waals surface area contributed by atoms with Gasteiger partial charge < -0.3 is 9.47 Å². The van der Waals surface area contributed by atoms with Gasteiger partial charge in [0.25, 0.3) is 0 Å². The minimum absolute atomic E-state index is 0.238. The second kappa shape index (κ2) is 4.15. The Hall–Kier alpha value is -1.35. The van der Waals surface area contributed by atoms with E-state index in [1.165, 1.54) is 6.42 Å². The maximum atomic E-state index is 11.9. The zero-order chi connectivity index (χ0) is 11.7. The molecule has 1 saturated carbocycles. The summed E-state index contributed by atoms with van der Waals surface area (Å²) in [5.74, 6) is -0.867. The van der Waals surface area contributed by atoms with E-state index in [9.17, 15) is 4.79 Å². The van der Waals surface area contributed by atoms with Crippen molar-refractivity contribution >= 4 is 5.97 Å². The number of benzene rings is 1. The molecule has 1 aliphatic heterocycles. The molecule has 0 aromatic heterocycles. The molecule has 0 bridgehead atoms.